The highest BCUT2D eigenvalue weighted by atomic mass is 19.3. The molecular formula is C15H12F8O3. The van der Waals surface area contributed by atoms with Crippen molar-refractivity contribution in [2.45, 2.75) is 54.8 Å². The molecule has 4 rings (SSSR count). The molecule has 0 heterocycles. The first-order valence-electron chi connectivity index (χ1n) is 7.44. The van der Waals surface area contributed by atoms with Gasteiger partial charge < -0.3 is 14.9 Å². The molecule has 3 nitrogen and oxygen atoms in total. The molecular weight excluding hydrogens is 380 g/mol. The quantitative estimate of drug-likeness (QED) is 0.763. The third-order valence-corrected chi connectivity index (χ3v) is 5.13. The Morgan fingerprint density at radius 1 is 0.885 bits per heavy atom. The maximum Gasteiger partial charge on any atom is 0.387 e. The van der Waals surface area contributed by atoms with Crippen LogP contribution in [-0.2, 0) is 10.8 Å². The molecule has 0 aliphatic heterocycles. The molecule has 26 heavy (non-hydrogen) atoms. The standard InChI is InChI=1S/C15H12F8O3/c16-9-7(1-2-8(24)10(9)17)13(18,19)26-12-5-3-11(25,4-6-12)14(20,21)15(12,22)23/h1-2,24-25H,3-6H2. The molecule has 3 saturated carbocycles. The molecule has 0 radical (unpaired) electrons. The van der Waals surface area contributed by atoms with Gasteiger partial charge in [0.1, 0.15) is 11.2 Å². The van der Waals surface area contributed by atoms with Gasteiger partial charge in [-0.15, -0.1) is 0 Å². The number of ether oxygens (including phenoxy) is 1. The predicted octanol–water partition coefficient (Wildman–Crippen LogP) is 4.06. The Balaban J connectivity index is 2.03. The number of alkyl halides is 6. The van der Waals surface area contributed by atoms with E-state index >= 15 is 0 Å². The van der Waals surface area contributed by atoms with Gasteiger partial charge in [0, 0.05) is 0 Å². The molecule has 2 bridgehead atoms. The second kappa shape index (κ2) is 5.22. The van der Waals surface area contributed by atoms with E-state index in [2.05, 4.69) is 4.74 Å². The summed E-state index contributed by atoms with van der Waals surface area (Å²) in [6.45, 7) is 0. The lowest BCUT2D eigenvalue weighted by molar-refractivity contribution is -0.443. The van der Waals surface area contributed by atoms with Crippen molar-refractivity contribution in [3.8, 4) is 5.75 Å². The zero-order valence-electron chi connectivity index (χ0n) is 12.8. The van der Waals surface area contributed by atoms with E-state index in [1.807, 2.05) is 0 Å². The van der Waals surface area contributed by atoms with E-state index < -0.39 is 77.8 Å². The molecule has 3 aliphatic carbocycles. The number of phenolic OH excluding ortho intramolecular Hbond substituents is 1. The normalized spacial score (nSPS) is 32.7. The van der Waals surface area contributed by atoms with Crippen LogP contribution in [0, 0.1) is 11.6 Å². The lowest BCUT2D eigenvalue weighted by Crippen LogP contribution is -2.76. The molecule has 0 unspecified atom stereocenters. The lowest BCUT2D eigenvalue weighted by atomic mass is 9.60. The summed E-state index contributed by atoms with van der Waals surface area (Å²) in [4.78, 5) is 0. The van der Waals surface area contributed by atoms with E-state index in [4.69, 9.17) is 5.11 Å². The Bertz CT molecular complexity index is 741. The Hall–Kier alpha value is -1.62. The number of fused-ring (bicyclic) bond motifs is 3. The SMILES string of the molecule is Oc1ccc(C(F)(F)OC23CCC(O)(CC2)C(F)(F)C3(F)F)c(F)c1F. The van der Waals surface area contributed by atoms with Crippen molar-refractivity contribution in [3.63, 3.8) is 0 Å². The molecule has 0 atom stereocenters. The topological polar surface area (TPSA) is 49.7 Å². The van der Waals surface area contributed by atoms with Gasteiger partial charge >= 0.3 is 18.0 Å². The average Bonchev–Trinajstić information content (AvgIpc) is 2.53. The van der Waals surface area contributed by atoms with Gasteiger partial charge in [-0.3, -0.25) is 0 Å². The Kier molecular flexibility index (Phi) is 3.84. The fraction of sp³-hybridized carbons (Fsp3) is 0.600. The largest absolute Gasteiger partial charge is 0.505 e. The number of aliphatic hydroxyl groups is 1. The third-order valence-electron chi connectivity index (χ3n) is 5.13. The highest BCUT2D eigenvalue weighted by molar-refractivity contribution is 5.32. The maximum atomic E-state index is 14.3. The Morgan fingerprint density at radius 2 is 1.42 bits per heavy atom. The van der Waals surface area contributed by atoms with Gasteiger partial charge in [-0.1, -0.05) is 0 Å². The van der Waals surface area contributed by atoms with Crippen molar-refractivity contribution < 1.29 is 50.1 Å². The van der Waals surface area contributed by atoms with Crippen molar-refractivity contribution in [1.29, 1.82) is 0 Å². The third kappa shape index (κ3) is 2.19. The second-order valence-electron chi connectivity index (χ2n) is 6.55. The fourth-order valence-electron chi connectivity index (χ4n) is 3.50. The second-order valence-corrected chi connectivity index (χ2v) is 6.55. The molecule has 1 aromatic carbocycles. The zero-order valence-corrected chi connectivity index (χ0v) is 12.8. The minimum Gasteiger partial charge on any atom is -0.505 e. The van der Waals surface area contributed by atoms with Gasteiger partial charge in [0.25, 0.3) is 0 Å². The summed E-state index contributed by atoms with van der Waals surface area (Å²) in [6.07, 6.45) is -8.84. The monoisotopic (exact) mass is 392 g/mol. The number of halogens is 8. The molecule has 0 spiro atoms. The summed E-state index contributed by atoms with van der Waals surface area (Å²) in [5.74, 6) is -15.9. The van der Waals surface area contributed by atoms with E-state index in [-0.39, 0.29) is 6.07 Å². The molecule has 0 amide bonds. The van der Waals surface area contributed by atoms with Crippen molar-refractivity contribution >= 4 is 0 Å². The van der Waals surface area contributed by atoms with E-state index in [0.29, 0.717) is 6.07 Å². The minimum absolute atomic E-state index is 0.197. The Labute approximate surface area is 141 Å². The lowest BCUT2D eigenvalue weighted by Gasteiger charge is -2.58. The molecule has 146 valence electrons. The van der Waals surface area contributed by atoms with Crippen LogP contribution in [0.5, 0.6) is 5.75 Å². The van der Waals surface area contributed by atoms with Crippen LogP contribution in [0.2, 0.25) is 0 Å². The van der Waals surface area contributed by atoms with Gasteiger partial charge in [0.2, 0.25) is 5.82 Å². The molecule has 0 aromatic heterocycles. The summed E-state index contributed by atoms with van der Waals surface area (Å²) in [5, 5.41) is 18.7. The van der Waals surface area contributed by atoms with Crippen LogP contribution < -0.4 is 0 Å². The van der Waals surface area contributed by atoms with Gasteiger partial charge in [-0.05, 0) is 37.8 Å². The van der Waals surface area contributed by atoms with Crippen LogP contribution >= 0.6 is 0 Å². The molecule has 2 N–H and O–H groups in total. The van der Waals surface area contributed by atoms with Crippen LogP contribution in [0.15, 0.2) is 12.1 Å². The van der Waals surface area contributed by atoms with Crippen LogP contribution in [0.1, 0.15) is 31.2 Å². The zero-order chi connectivity index (χ0) is 19.8. The molecule has 1 aromatic rings. The summed E-state index contributed by atoms with van der Waals surface area (Å²) in [7, 11) is 0. The summed E-state index contributed by atoms with van der Waals surface area (Å²) >= 11 is 0. The number of phenols is 1. The first kappa shape index (κ1) is 19.2. The molecule has 11 heteroatoms. The molecule has 0 saturated heterocycles. The van der Waals surface area contributed by atoms with E-state index in [1.165, 1.54) is 0 Å². The van der Waals surface area contributed by atoms with Gasteiger partial charge in [-0.2, -0.15) is 30.7 Å². The number of aromatic hydroxyl groups is 1. The van der Waals surface area contributed by atoms with Crippen molar-refractivity contribution in [1.82, 2.24) is 0 Å². The summed E-state index contributed by atoms with van der Waals surface area (Å²) < 4.78 is 116. The number of hydrogen-bond donors (Lipinski definition) is 2. The van der Waals surface area contributed by atoms with Crippen LogP contribution in [0.25, 0.3) is 0 Å². The predicted molar refractivity (Wildman–Crippen MR) is 69.0 cm³/mol. The van der Waals surface area contributed by atoms with E-state index in [1.54, 1.807) is 0 Å². The van der Waals surface area contributed by atoms with Gasteiger partial charge in [-0.25, -0.2) is 4.39 Å². The summed E-state index contributed by atoms with van der Waals surface area (Å²) in [5.41, 5.74) is -8.27. The first-order chi connectivity index (χ1) is 11.7. The van der Waals surface area contributed by atoms with Gasteiger partial charge in [0.15, 0.2) is 11.6 Å². The van der Waals surface area contributed by atoms with E-state index in [9.17, 15) is 40.2 Å². The minimum atomic E-state index is -5.18. The highest BCUT2D eigenvalue weighted by Crippen LogP contribution is 2.65. The smallest absolute Gasteiger partial charge is 0.387 e. The van der Waals surface area contributed by atoms with Crippen LogP contribution in [0.4, 0.5) is 35.1 Å². The Morgan fingerprint density at radius 3 is 1.96 bits per heavy atom. The van der Waals surface area contributed by atoms with Gasteiger partial charge in [0.05, 0.1) is 5.56 Å². The van der Waals surface area contributed by atoms with Crippen molar-refractivity contribution in [3.05, 3.63) is 29.3 Å². The number of rotatable bonds is 3. The van der Waals surface area contributed by atoms with Crippen LogP contribution in [0.3, 0.4) is 0 Å². The number of hydrogen-bond acceptors (Lipinski definition) is 3. The fourth-order valence-corrected chi connectivity index (χ4v) is 3.50. The van der Waals surface area contributed by atoms with Crippen LogP contribution in [-0.4, -0.2) is 33.3 Å². The van der Waals surface area contributed by atoms with Crippen molar-refractivity contribution in [2.75, 3.05) is 0 Å². The van der Waals surface area contributed by atoms with E-state index in [0.717, 1.165) is 0 Å². The molecule has 3 fully saturated rings. The summed E-state index contributed by atoms with van der Waals surface area (Å²) in [6, 6.07) is 0.540. The first-order valence-corrected chi connectivity index (χ1v) is 7.44. The highest BCUT2D eigenvalue weighted by Gasteiger charge is 2.83. The number of benzene rings is 1. The van der Waals surface area contributed by atoms with Crippen molar-refractivity contribution in [2.24, 2.45) is 0 Å². The molecule has 3 aliphatic rings. The maximum absolute atomic E-state index is 14.3. The average molecular weight is 392 g/mol.